The Hall–Kier alpha value is -2.04. The zero-order valence-electron chi connectivity index (χ0n) is 14.9. The van der Waals surface area contributed by atoms with Gasteiger partial charge in [-0.2, -0.15) is 0 Å². The van der Waals surface area contributed by atoms with E-state index in [0.29, 0.717) is 11.1 Å². The minimum atomic E-state index is 0.0778. The lowest BCUT2D eigenvalue weighted by atomic mass is 10.1. The number of rotatable bonds is 3. The number of amides is 2. The number of carbonyl (C=O) groups excluding carboxylic acids is 2. The maximum atomic E-state index is 12.9. The first kappa shape index (κ1) is 16.4. The topological polar surface area (TPSA) is 43.9 Å². The molecule has 3 heterocycles. The molecular weight excluding hydrogens is 314 g/mol. The lowest BCUT2D eigenvalue weighted by Gasteiger charge is -2.23. The highest BCUT2D eigenvalue weighted by Gasteiger charge is 2.25. The average molecular weight is 341 g/mol. The van der Waals surface area contributed by atoms with Crippen molar-refractivity contribution >= 4 is 17.5 Å². The Balaban J connectivity index is 1.66. The third kappa shape index (κ3) is 3.37. The molecule has 25 heavy (non-hydrogen) atoms. The van der Waals surface area contributed by atoms with Gasteiger partial charge >= 0.3 is 0 Å². The number of carbonyl (C=O) groups is 2. The van der Waals surface area contributed by atoms with E-state index in [1.165, 1.54) is 12.8 Å². The monoisotopic (exact) mass is 341 g/mol. The van der Waals surface area contributed by atoms with Crippen molar-refractivity contribution in [1.82, 2.24) is 9.80 Å². The summed E-state index contributed by atoms with van der Waals surface area (Å²) in [6.07, 6.45) is 6.68. The zero-order valence-corrected chi connectivity index (χ0v) is 14.9. The third-order valence-corrected chi connectivity index (χ3v) is 5.67. The van der Waals surface area contributed by atoms with Gasteiger partial charge in [0.2, 0.25) is 0 Å². The molecule has 0 spiro atoms. The molecule has 0 bridgehead atoms. The van der Waals surface area contributed by atoms with Gasteiger partial charge < -0.3 is 14.7 Å². The highest BCUT2D eigenvalue weighted by Crippen LogP contribution is 2.26. The van der Waals surface area contributed by atoms with Gasteiger partial charge in [0, 0.05) is 56.1 Å². The fourth-order valence-electron chi connectivity index (χ4n) is 4.22. The molecule has 5 heteroatoms. The molecule has 0 saturated carbocycles. The summed E-state index contributed by atoms with van der Waals surface area (Å²) in [5.74, 6) is 0.156. The van der Waals surface area contributed by atoms with Gasteiger partial charge in [-0.25, -0.2) is 0 Å². The van der Waals surface area contributed by atoms with Gasteiger partial charge in [-0.05, 0) is 56.7 Å². The fourth-order valence-corrected chi connectivity index (χ4v) is 4.22. The normalized spacial score (nSPS) is 20.6. The van der Waals surface area contributed by atoms with Crippen LogP contribution in [0.1, 0.15) is 59.2 Å². The van der Waals surface area contributed by atoms with Crippen LogP contribution in [0.25, 0.3) is 0 Å². The minimum Gasteiger partial charge on any atom is -0.371 e. The van der Waals surface area contributed by atoms with Crippen LogP contribution in [0, 0.1) is 0 Å². The van der Waals surface area contributed by atoms with E-state index >= 15 is 0 Å². The van der Waals surface area contributed by atoms with Gasteiger partial charge in [-0.15, -0.1) is 0 Å². The Kier molecular flexibility index (Phi) is 4.64. The molecule has 0 unspecified atom stereocenters. The molecule has 1 aromatic rings. The van der Waals surface area contributed by atoms with Crippen molar-refractivity contribution in [2.24, 2.45) is 0 Å². The van der Waals surface area contributed by atoms with E-state index in [0.717, 1.165) is 70.6 Å². The zero-order chi connectivity index (χ0) is 17.2. The molecule has 0 N–H and O–H groups in total. The fraction of sp³-hybridized carbons (Fsp3) is 0.600. The van der Waals surface area contributed by atoms with Crippen LogP contribution in [-0.4, -0.2) is 60.9 Å². The lowest BCUT2D eigenvalue weighted by molar-refractivity contribution is 0.0791. The van der Waals surface area contributed by atoms with Crippen LogP contribution in [0.5, 0.6) is 0 Å². The summed E-state index contributed by atoms with van der Waals surface area (Å²) in [5.41, 5.74) is 2.38. The van der Waals surface area contributed by atoms with Crippen LogP contribution in [0.2, 0.25) is 0 Å². The molecule has 3 saturated heterocycles. The number of anilines is 1. The van der Waals surface area contributed by atoms with Crippen LogP contribution >= 0.6 is 0 Å². The van der Waals surface area contributed by atoms with Crippen LogP contribution < -0.4 is 4.90 Å². The van der Waals surface area contributed by atoms with E-state index < -0.39 is 0 Å². The van der Waals surface area contributed by atoms with Crippen molar-refractivity contribution in [1.29, 1.82) is 0 Å². The van der Waals surface area contributed by atoms with Gasteiger partial charge in [0.15, 0.2) is 0 Å². The van der Waals surface area contributed by atoms with Gasteiger partial charge in [-0.3, -0.25) is 9.59 Å². The SMILES string of the molecule is O=C(c1cc(C(=O)N2CCCC2)cc(N2CCCC2)c1)N1CCCC1. The predicted molar refractivity (Wildman–Crippen MR) is 98.2 cm³/mol. The molecule has 3 fully saturated rings. The molecule has 0 radical (unpaired) electrons. The van der Waals surface area contributed by atoms with Crippen molar-refractivity contribution in [3.05, 3.63) is 29.3 Å². The van der Waals surface area contributed by atoms with Gasteiger partial charge in [0.1, 0.15) is 0 Å². The van der Waals surface area contributed by atoms with Crippen LogP contribution in [0.3, 0.4) is 0 Å². The van der Waals surface area contributed by atoms with Crippen LogP contribution in [-0.2, 0) is 0 Å². The van der Waals surface area contributed by atoms with Gasteiger partial charge in [0.05, 0.1) is 0 Å². The molecule has 5 nitrogen and oxygen atoms in total. The second-order valence-electron chi connectivity index (χ2n) is 7.46. The highest BCUT2D eigenvalue weighted by molar-refractivity contribution is 6.01. The Morgan fingerprint density at radius 1 is 0.600 bits per heavy atom. The van der Waals surface area contributed by atoms with Crippen LogP contribution in [0.4, 0.5) is 5.69 Å². The lowest BCUT2D eigenvalue weighted by Crippen LogP contribution is -2.30. The number of likely N-dealkylation sites (tertiary alicyclic amines) is 2. The molecular formula is C20H27N3O2. The highest BCUT2D eigenvalue weighted by atomic mass is 16.2. The minimum absolute atomic E-state index is 0.0778. The van der Waals surface area contributed by atoms with Crippen LogP contribution in [0.15, 0.2) is 18.2 Å². The molecule has 0 aliphatic carbocycles. The number of benzene rings is 1. The van der Waals surface area contributed by atoms with E-state index in [-0.39, 0.29) is 11.8 Å². The maximum Gasteiger partial charge on any atom is 0.253 e. The maximum absolute atomic E-state index is 12.9. The quantitative estimate of drug-likeness (QED) is 0.849. The molecule has 134 valence electrons. The summed E-state index contributed by atoms with van der Waals surface area (Å²) >= 11 is 0. The summed E-state index contributed by atoms with van der Waals surface area (Å²) in [5, 5.41) is 0. The number of hydrogen-bond acceptors (Lipinski definition) is 3. The van der Waals surface area contributed by atoms with E-state index in [4.69, 9.17) is 0 Å². The number of hydrogen-bond donors (Lipinski definition) is 0. The Morgan fingerprint density at radius 2 is 1.00 bits per heavy atom. The first-order chi connectivity index (χ1) is 12.2. The van der Waals surface area contributed by atoms with E-state index in [1.54, 1.807) is 0 Å². The summed E-state index contributed by atoms with van der Waals surface area (Å²) < 4.78 is 0. The van der Waals surface area contributed by atoms with E-state index in [9.17, 15) is 9.59 Å². The molecule has 3 aliphatic rings. The summed E-state index contributed by atoms with van der Waals surface area (Å²) in [6, 6.07) is 5.81. The second-order valence-corrected chi connectivity index (χ2v) is 7.46. The van der Waals surface area contributed by atoms with E-state index in [1.807, 2.05) is 28.0 Å². The first-order valence-corrected chi connectivity index (χ1v) is 9.71. The first-order valence-electron chi connectivity index (χ1n) is 9.71. The second kappa shape index (κ2) is 7.06. The van der Waals surface area contributed by atoms with Gasteiger partial charge in [0.25, 0.3) is 11.8 Å². The molecule has 2 amide bonds. The van der Waals surface area contributed by atoms with Crippen molar-refractivity contribution in [2.45, 2.75) is 38.5 Å². The number of nitrogens with zero attached hydrogens (tertiary/aromatic N) is 3. The standard InChI is InChI=1S/C20H27N3O2/c24-19(22-9-3-4-10-22)16-13-17(20(25)23-11-5-6-12-23)15-18(14-16)21-7-1-2-8-21/h13-15H,1-12H2. The predicted octanol–water partition coefficient (Wildman–Crippen LogP) is 2.76. The van der Waals surface area contributed by atoms with E-state index in [2.05, 4.69) is 4.90 Å². The van der Waals surface area contributed by atoms with Crippen molar-refractivity contribution in [3.63, 3.8) is 0 Å². The largest absolute Gasteiger partial charge is 0.371 e. The molecule has 3 aliphatic heterocycles. The molecule has 1 aromatic carbocycles. The summed E-state index contributed by atoms with van der Waals surface area (Å²) in [4.78, 5) is 31.9. The smallest absolute Gasteiger partial charge is 0.253 e. The Morgan fingerprint density at radius 3 is 1.44 bits per heavy atom. The van der Waals surface area contributed by atoms with Crippen molar-refractivity contribution in [2.75, 3.05) is 44.2 Å². The summed E-state index contributed by atoms with van der Waals surface area (Å²) in [6.45, 7) is 5.37. The van der Waals surface area contributed by atoms with Crippen molar-refractivity contribution in [3.8, 4) is 0 Å². The molecule has 4 rings (SSSR count). The molecule has 0 aromatic heterocycles. The Labute approximate surface area is 149 Å². The average Bonchev–Trinajstić information content (AvgIpc) is 3.42. The summed E-state index contributed by atoms with van der Waals surface area (Å²) in [7, 11) is 0. The molecule has 0 atom stereocenters. The van der Waals surface area contributed by atoms with Gasteiger partial charge in [-0.1, -0.05) is 0 Å². The van der Waals surface area contributed by atoms with Crippen molar-refractivity contribution < 1.29 is 9.59 Å². The Bertz CT molecular complexity index is 609. The third-order valence-electron chi connectivity index (χ3n) is 5.67.